The van der Waals surface area contributed by atoms with Crippen molar-refractivity contribution in [3.05, 3.63) is 0 Å². The zero-order chi connectivity index (χ0) is 13.4. The van der Waals surface area contributed by atoms with Crippen molar-refractivity contribution in [1.82, 2.24) is 15.1 Å². The van der Waals surface area contributed by atoms with Crippen molar-refractivity contribution in [2.75, 3.05) is 53.4 Å². The number of piperazine rings is 1. The first-order valence-corrected chi connectivity index (χ1v) is 6.39. The van der Waals surface area contributed by atoms with Gasteiger partial charge in [0, 0.05) is 32.6 Å². The molecule has 0 aromatic rings. The summed E-state index contributed by atoms with van der Waals surface area (Å²) in [6.07, 6.45) is 1.47. The number of amides is 1. The van der Waals surface area contributed by atoms with Crippen LogP contribution in [0.5, 0.6) is 0 Å². The first kappa shape index (κ1) is 14.9. The van der Waals surface area contributed by atoms with E-state index < -0.39 is 0 Å². The fourth-order valence-electron chi connectivity index (χ4n) is 1.98. The molecule has 0 aromatic carbocycles. The van der Waals surface area contributed by atoms with Gasteiger partial charge in [-0.15, -0.1) is 0 Å². The van der Waals surface area contributed by atoms with Crippen LogP contribution in [0, 0.1) is 0 Å². The summed E-state index contributed by atoms with van der Waals surface area (Å²) >= 11 is 0. The number of hydrogen-bond donors (Lipinski definition) is 1. The van der Waals surface area contributed by atoms with E-state index in [0.717, 1.165) is 26.1 Å². The van der Waals surface area contributed by atoms with E-state index in [1.54, 1.807) is 0 Å². The van der Waals surface area contributed by atoms with Gasteiger partial charge >= 0.3 is 5.97 Å². The third-order valence-electron chi connectivity index (χ3n) is 3.12. The number of rotatable bonds is 6. The van der Waals surface area contributed by atoms with E-state index in [4.69, 9.17) is 0 Å². The molecule has 18 heavy (non-hydrogen) atoms. The van der Waals surface area contributed by atoms with Crippen LogP contribution < -0.4 is 5.32 Å². The van der Waals surface area contributed by atoms with Crippen LogP contribution in [0.25, 0.3) is 0 Å². The molecule has 0 radical (unpaired) electrons. The molecule has 1 fully saturated rings. The fourth-order valence-corrected chi connectivity index (χ4v) is 1.98. The predicted octanol–water partition coefficient (Wildman–Crippen LogP) is -0.697. The lowest BCUT2D eigenvalue weighted by molar-refractivity contribution is -0.142. The molecule has 1 rings (SSSR count). The quantitative estimate of drug-likeness (QED) is 0.504. The van der Waals surface area contributed by atoms with Gasteiger partial charge in [-0.1, -0.05) is 0 Å². The average Bonchev–Trinajstić information content (AvgIpc) is 2.39. The zero-order valence-electron chi connectivity index (χ0n) is 11.3. The highest BCUT2D eigenvalue weighted by atomic mass is 16.5. The Morgan fingerprint density at radius 1 is 1.22 bits per heavy atom. The second-order valence-electron chi connectivity index (χ2n) is 4.44. The standard InChI is InChI=1S/C12H23N3O3/c1-13-5-3-4-11(16)15-8-6-14(7-9-15)10-12(17)18-2/h13H,3-10H2,1-2H3. The summed E-state index contributed by atoms with van der Waals surface area (Å²) in [5, 5.41) is 3.03. The van der Waals surface area contributed by atoms with Crippen LogP contribution >= 0.6 is 0 Å². The molecule has 1 N–H and O–H groups in total. The zero-order valence-corrected chi connectivity index (χ0v) is 11.3. The van der Waals surface area contributed by atoms with Gasteiger partial charge in [0.05, 0.1) is 13.7 Å². The van der Waals surface area contributed by atoms with Crippen LogP contribution in [-0.2, 0) is 14.3 Å². The average molecular weight is 257 g/mol. The minimum atomic E-state index is -0.219. The molecule has 1 amide bonds. The Hall–Kier alpha value is -1.14. The van der Waals surface area contributed by atoms with E-state index in [1.807, 2.05) is 16.8 Å². The molecular formula is C12H23N3O3. The maximum absolute atomic E-state index is 11.8. The third-order valence-corrected chi connectivity index (χ3v) is 3.12. The molecule has 6 nitrogen and oxygen atoms in total. The third kappa shape index (κ3) is 5.01. The molecule has 0 aromatic heterocycles. The first-order chi connectivity index (χ1) is 8.67. The molecule has 0 saturated carbocycles. The van der Waals surface area contributed by atoms with Crippen molar-refractivity contribution in [2.45, 2.75) is 12.8 Å². The normalized spacial score (nSPS) is 16.7. The van der Waals surface area contributed by atoms with Gasteiger partial charge in [-0.3, -0.25) is 14.5 Å². The second-order valence-corrected chi connectivity index (χ2v) is 4.44. The maximum atomic E-state index is 11.8. The lowest BCUT2D eigenvalue weighted by Gasteiger charge is -2.34. The Morgan fingerprint density at radius 2 is 1.89 bits per heavy atom. The van der Waals surface area contributed by atoms with Crippen LogP contribution in [0.2, 0.25) is 0 Å². The molecule has 1 heterocycles. The number of methoxy groups -OCH3 is 1. The summed E-state index contributed by atoms with van der Waals surface area (Å²) in [6, 6.07) is 0. The molecule has 1 saturated heterocycles. The summed E-state index contributed by atoms with van der Waals surface area (Å²) in [6.45, 7) is 4.08. The van der Waals surface area contributed by atoms with Gasteiger partial charge in [0.15, 0.2) is 0 Å². The maximum Gasteiger partial charge on any atom is 0.319 e. The molecular weight excluding hydrogens is 234 g/mol. The highest BCUT2D eigenvalue weighted by molar-refractivity contribution is 5.76. The molecule has 104 valence electrons. The predicted molar refractivity (Wildman–Crippen MR) is 68.2 cm³/mol. The summed E-state index contributed by atoms with van der Waals surface area (Å²) < 4.78 is 4.62. The first-order valence-electron chi connectivity index (χ1n) is 6.39. The Morgan fingerprint density at radius 3 is 2.44 bits per heavy atom. The number of hydrogen-bond acceptors (Lipinski definition) is 5. The highest BCUT2D eigenvalue weighted by Crippen LogP contribution is 2.05. The van der Waals surface area contributed by atoms with Crippen LogP contribution in [-0.4, -0.2) is 75.1 Å². The molecule has 0 aliphatic carbocycles. The van der Waals surface area contributed by atoms with E-state index in [-0.39, 0.29) is 11.9 Å². The number of nitrogens with zero attached hydrogens (tertiary/aromatic N) is 2. The van der Waals surface area contributed by atoms with Crippen molar-refractivity contribution in [1.29, 1.82) is 0 Å². The number of ether oxygens (including phenoxy) is 1. The number of carbonyl (C=O) groups is 2. The molecule has 1 aliphatic rings. The molecule has 0 spiro atoms. The second kappa shape index (κ2) is 8.05. The van der Waals surface area contributed by atoms with Crippen molar-refractivity contribution in [2.24, 2.45) is 0 Å². The number of esters is 1. The summed E-state index contributed by atoms with van der Waals surface area (Å²) in [4.78, 5) is 26.9. The van der Waals surface area contributed by atoms with E-state index in [1.165, 1.54) is 7.11 Å². The van der Waals surface area contributed by atoms with Crippen LogP contribution in [0.3, 0.4) is 0 Å². The van der Waals surface area contributed by atoms with E-state index in [2.05, 4.69) is 10.1 Å². The topological polar surface area (TPSA) is 61.9 Å². The monoisotopic (exact) mass is 257 g/mol. The van der Waals surface area contributed by atoms with Crippen molar-refractivity contribution < 1.29 is 14.3 Å². The Labute approximate surface area is 108 Å². The minimum absolute atomic E-state index is 0.211. The van der Waals surface area contributed by atoms with Crippen molar-refractivity contribution >= 4 is 11.9 Å². The lowest BCUT2D eigenvalue weighted by atomic mass is 10.2. The van der Waals surface area contributed by atoms with Gasteiger partial charge in [-0.25, -0.2) is 0 Å². The van der Waals surface area contributed by atoms with Crippen molar-refractivity contribution in [3.63, 3.8) is 0 Å². The van der Waals surface area contributed by atoms with Gasteiger partial charge in [-0.05, 0) is 20.0 Å². The molecule has 0 bridgehead atoms. The largest absolute Gasteiger partial charge is 0.468 e. The lowest BCUT2D eigenvalue weighted by Crippen LogP contribution is -2.50. The fraction of sp³-hybridized carbons (Fsp3) is 0.833. The summed E-state index contributed by atoms with van der Waals surface area (Å²) in [5.41, 5.74) is 0. The Kier molecular flexibility index (Phi) is 6.67. The Balaban J connectivity index is 2.22. The summed E-state index contributed by atoms with van der Waals surface area (Å²) in [5.74, 6) is -0.00763. The van der Waals surface area contributed by atoms with Crippen LogP contribution in [0.1, 0.15) is 12.8 Å². The van der Waals surface area contributed by atoms with E-state index in [0.29, 0.717) is 26.1 Å². The van der Waals surface area contributed by atoms with Crippen LogP contribution in [0.15, 0.2) is 0 Å². The number of carbonyl (C=O) groups excluding carboxylic acids is 2. The highest BCUT2D eigenvalue weighted by Gasteiger charge is 2.21. The van der Waals surface area contributed by atoms with E-state index >= 15 is 0 Å². The van der Waals surface area contributed by atoms with Gasteiger partial charge in [-0.2, -0.15) is 0 Å². The molecule has 6 heteroatoms. The minimum Gasteiger partial charge on any atom is -0.468 e. The smallest absolute Gasteiger partial charge is 0.319 e. The van der Waals surface area contributed by atoms with Gasteiger partial charge < -0.3 is 15.0 Å². The molecule has 0 atom stereocenters. The van der Waals surface area contributed by atoms with Gasteiger partial charge in [0.2, 0.25) is 5.91 Å². The SMILES string of the molecule is CNCCCC(=O)N1CCN(CC(=O)OC)CC1. The Bertz CT molecular complexity index is 276. The summed E-state index contributed by atoms with van der Waals surface area (Å²) in [7, 11) is 3.28. The van der Waals surface area contributed by atoms with Crippen LogP contribution in [0.4, 0.5) is 0 Å². The van der Waals surface area contributed by atoms with Gasteiger partial charge in [0.1, 0.15) is 0 Å². The van der Waals surface area contributed by atoms with Gasteiger partial charge in [0.25, 0.3) is 0 Å². The molecule has 1 aliphatic heterocycles. The van der Waals surface area contributed by atoms with E-state index in [9.17, 15) is 9.59 Å². The van der Waals surface area contributed by atoms with Crippen molar-refractivity contribution in [3.8, 4) is 0 Å². The molecule has 0 unspecified atom stereocenters. The number of nitrogens with one attached hydrogen (secondary N) is 1.